The van der Waals surface area contributed by atoms with Gasteiger partial charge in [0.25, 0.3) is 0 Å². The highest BCUT2D eigenvalue weighted by atomic mass is 79.9. The minimum Gasteiger partial charge on any atom is -0.487 e. The Kier molecular flexibility index (Phi) is 3.82. The Labute approximate surface area is 129 Å². The maximum absolute atomic E-state index is 6.40. The van der Waals surface area contributed by atoms with Gasteiger partial charge in [0.15, 0.2) is 0 Å². The van der Waals surface area contributed by atoms with Crippen LogP contribution in [0.1, 0.15) is 44.7 Å². The van der Waals surface area contributed by atoms with Gasteiger partial charge in [-0.15, -0.1) is 0 Å². The van der Waals surface area contributed by atoms with Crippen LogP contribution < -0.4 is 10.5 Å². The average molecular weight is 340 g/mol. The van der Waals surface area contributed by atoms with Gasteiger partial charge in [0.2, 0.25) is 0 Å². The van der Waals surface area contributed by atoms with E-state index in [0.717, 1.165) is 41.7 Å². The molecule has 2 heterocycles. The Morgan fingerprint density at radius 1 is 1.35 bits per heavy atom. The van der Waals surface area contributed by atoms with Crippen molar-refractivity contribution < 1.29 is 9.47 Å². The van der Waals surface area contributed by atoms with E-state index in [2.05, 4.69) is 35.8 Å². The molecule has 1 fully saturated rings. The number of rotatable bonds is 1. The van der Waals surface area contributed by atoms with Crippen LogP contribution >= 0.6 is 15.9 Å². The van der Waals surface area contributed by atoms with Crippen molar-refractivity contribution >= 4 is 15.9 Å². The molecule has 0 saturated carbocycles. The van der Waals surface area contributed by atoms with Crippen molar-refractivity contribution in [2.24, 2.45) is 11.7 Å². The molecule has 1 spiro atoms. The van der Waals surface area contributed by atoms with Crippen LogP contribution in [0.15, 0.2) is 22.7 Å². The van der Waals surface area contributed by atoms with E-state index in [9.17, 15) is 0 Å². The van der Waals surface area contributed by atoms with Gasteiger partial charge in [-0.25, -0.2) is 0 Å². The highest BCUT2D eigenvalue weighted by molar-refractivity contribution is 9.10. The molecular formula is C16H22BrNO2. The minimum atomic E-state index is -0.145. The molecular weight excluding hydrogens is 318 g/mol. The minimum absolute atomic E-state index is 0.0437. The monoisotopic (exact) mass is 339 g/mol. The third kappa shape index (κ3) is 2.61. The third-order valence-corrected chi connectivity index (χ3v) is 4.99. The maximum Gasteiger partial charge on any atom is 0.124 e. The number of halogens is 1. The van der Waals surface area contributed by atoms with Gasteiger partial charge in [-0.1, -0.05) is 29.8 Å². The van der Waals surface area contributed by atoms with E-state index in [1.54, 1.807) is 0 Å². The zero-order valence-corrected chi connectivity index (χ0v) is 13.7. The molecule has 1 aromatic rings. The van der Waals surface area contributed by atoms with Gasteiger partial charge in [0.1, 0.15) is 11.4 Å². The van der Waals surface area contributed by atoms with E-state index in [4.69, 9.17) is 15.2 Å². The highest BCUT2D eigenvalue weighted by Crippen LogP contribution is 2.45. The lowest BCUT2D eigenvalue weighted by Gasteiger charge is -2.46. The quantitative estimate of drug-likeness (QED) is 0.846. The lowest BCUT2D eigenvalue weighted by molar-refractivity contribution is -0.115. The fraction of sp³-hybridized carbons (Fsp3) is 0.625. The molecule has 0 radical (unpaired) electrons. The first kappa shape index (κ1) is 14.4. The Morgan fingerprint density at radius 3 is 2.90 bits per heavy atom. The molecule has 0 aliphatic carbocycles. The first-order valence-electron chi connectivity index (χ1n) is 7.35. The summed E-state index contributed by atoms with van der Waals surface area (Å²) in [6.07, 6.45) is 3.02. The molecule has 0 aromatic heterocycles. The van der Waals surface area contributed by atoms with Crippen molar-refractivity contribution in [3.63, 3.8) is 0 Å². The topological polar surface area (TPSA) is 44.5 Å². The second kappa shape index (κ2) is 5.32. The first-order valence-corrected chi connectivity index (χ1v) is 8.14. The van der Waals surface area contributed by atoms with Crippen molar-refractivity contribution in [2.45, 2.75) is 50.9 Å². The Morgan fingerprint density at radius 2 is 2.15 bits per heavy atom. The summed E-state index contributed by atoms with van der Waals surface area (Å²) in [4.78, 5) is 0. The zero-order chi connectivity index (χ0) is 14.3. The molecule has 2 aliphatic heterocycles. The van der Waals surface area contributed by atoms with Gasteiger partial charge in [0.05, 0.1) is 12.7 Å². The summed E-state index contributed by atoms with van der Waals surface area (Å²) >= 11 is 3.50. The van der Waals surface area contributed by atoms with Gasteiger partial charge in [-0.3, -0.25) is 0 Å². The Hall–Kier alpha value is -0.580. The van der Waals surface area contributed by atoms with Gasteiger partial charge >= 0.3 is 0 Å². The van der Waals surface area contributed by atoms with Gasteiger partial charge < -0.3 is 15.2 Å². The smallest absolute Gasteiger partial charge is 0.124 e. The number of ether oxygens (including phenoxy) is 2. The number of benzene rings is 1. The Balaban J connectivity index is 1.88. The number of nitrogens with two attached hydrogens (primary N) is 1. The largest absolute Gasteiger partial charge is 0.487 e. The summed E-state index contributed by atoms with van der Waals surface area (Å²) in [6.45, 7) is 5.18. The molecule has 2 N–H and O–H groups in total. The molecule has 0 bridgehead atoms. The van der Waals surface area contributed by atoms with Crippen molar-refractivity contribution in [1.29, 1.82) is 0 Å². The summed E-state index contributed by atoms with van der Waals surface area (Å²) < 4.78 is 13.3. The zero-order valence-electron chi connectivity index (χ0n) is 12.1. The molecule has 110 valence electrons. The summed E-state index contributed by atoms with van der Waals surface area (Å²) in [5.74, 6) is 1.45. The van der Waals surface area contributed by atoms with Gasteiger partial charge in [0, 0.05) is 35.3 Å². The van der Waals surface area contributed by atoms with Gasteiger partial charge in [-0.2, -0.15) is 0 Å². The molecule has 20 heavy (non-hydrogen) atoms. The van der Waals surface area contributed by atoms with Crippen molar-refractivity contribution in [3.8, 4) is 5.75 Å². The van der Waals surface area contributed by atoms with Crippen LogP contribution in [0.5, 0.6) is 5.75 Å². The Bertz CT molecular complexity index is 505. The lowest BCUT2D eigenvalue weighted by Crippen LogP contribution is -2.50. The normalized spacial score (nSPS) is 33.0. The van der Waals surface area contributed by atoms with Crippen molar-refractivity contribution in [2.75, 3.05) is 6.61 Å². The summed E-state index contributed by atoms with van der Waals surface area (Å²) in [5.41, 5.74) is 7.36. The highest BCUT2D eigenvalue weighted by Gasteiger charge is 2.44. The van der Waals surface area contributed by atoms with Crippen LogP contribution in [0, 0.1) is 5.92 Å². The third-order valence-electron chi connectivity index (χ3n) is 4.50. The van der Waals surface area contributed by atoms with E-state index in [0.29, 0.717) is 5.92 Å². The van der Waals surface area contributed by atoms with Crippen molar-refractivity contribution in [3.05, 3.63) is 28.2 Å². The molecule has 1 aromatic carbocycles. The second-order valence-electron chi connectivity index (χ2n) is 6.39. The lowest BCUT2D eigenvalue weighted by atomic mass is 9.78. The molecule has 1 saturated heterocycles. The van der Waals surface area contributed by atoms with E-state index >= 15 is 0 Å². The van der Waals surface area contributed by atoms with E-state index in [-0.39, 0.29) is 17.7 Å². The summed E-state index contributed by atoms with van der Waals surface area (Å²) in [7, 11) is 0. The number of fused-ring (bicyclic) bond motifs is 1. The predicted molar refractivity (Wildman–Crippen MR) is 82.9 cm³/mol. The van der Waals surface area contributed by atoms with Crippen LogP contribution in [0.3, 0.4) is 0 Å². The predicted octanol–water partition coefficient (Wildman–Crippen LogP) is 3.81. The molecule has 2 unspecified atom stereocenters. The van der Waals surface area contributed by atoms with Crippen LogP contribution in [0.25, 0.3) is 0 Å². The van der Waals surface area contributed by atoms with Gasteiger partial charge in [-0.05, 0) is 24.1 Å². The standard InChI is InChI=1S/C16H22BrNO2/c1-10(2)15-9-16(5-6-19-15)8-13(18)12-7-11(17)3-4-14(12)20-16/h3-4,7,10,13,15H,5-6,8-9,18H2,1-2H3/t13-,15?,16?/m0/s1. The fourth-order valence-electron chi connectivity index (χ4n) is 3.32. The van der Waals surface area contributed by atoms with Crippen LogP contribution in [-0.4, -0.2) is 18.3 Å². The number of hydrogen-bond donors (Lipinski definition) is 1. The molecule has 3 rings (SSSR count). The molecule has 3 nitrogen and oxygen atoms in total. The fourth-order valence-corrected chi connectivity index (χ4v) is 3.70. The summed E-state index contributed by atoms with van der Waals surface area (Å²) in [5, 5.41) is 0. The maximum atomic E-state index is 6.40. The van der Waals surface area contributed by atoms with E-state index in [1.807, 2.05) is 12.1 Å². The average Bonchev–Trinajstić information content (AvgIpc) is 2.40. The second-order valence-corrected chi connectivity index (χ2v) is 7.30. The van der Waals surface area contributed by atoms with Crippen LogP contribution in [0.2, 0.25) is 0 Å². The van der Waals surface area contributed by atoms with Crippen molar-refractivity contribution in [1.82, 2.24) is 0 Å². The van der Waals surface area contributed by atoms with E-state index < -0.39 is 0 Å². The molecule has 0 amide bonds. The SMILES string of the molecule is CC(C)C1CC2(CCO1)C[C@H](N)c1cc(Br)ccc1O2. The number of hydrogen-bond acceptors (Lipinski definition) is 3. The van der Waals surface area contributed by atoms with Crippen LogP contribution in [-0.2, 0) is 4.74 Å². The first-order chi connectivity index (χ1) is 9.49. The van der Waals surface area contributed by atoms with Crippen LogP contribution in [0.4, 0.5) is 0 Å². The van der Waals surface area contributed by atoms with E-state index in [1.165, 1.54) is 0 Å². The molecule has 2 aliphatic rings. The summed E-state index contributed by atoms with van der Waals surface area (Å²) in [6, 6.07) is 6.16. The molecule has 4 heteroatoms. The molecule has 3 atom stereocenters.